The summed E-state index contributed by atoms with van der Waals surface area (Å²) in [6.07, 6.45) is 9.78. The Morgan fingerprint density at radius 2 is 2.03 bits per heavy atom. The maximum Gasteiger partial charge on any atom is 0.270 e. The standard InChI is InChI=1S/C26H27ClN6O/c1-26(33-24(34)22-11-9-17(28)14-29-22)12-4-6-18(13-26)31-25-30-15-21(27)23(32-25)20-10-8-16-5-2-3-7-19(16)20/h2-3,5,7,9-11,14-15,18H,4,6,8,12-13,28H2,1H3,(H,33,34)(H,30,31,32)/t18-,26+/m1/s1. The summed E-state index contributed by atoms with van der Waals surface area (Å²) >= 11 is 6.50. The van der Waals surface area contributed by atoms with Gasteiger partial charge in [-0.1, -0.05) is 41.9 Å². The SMILES string of the molecule is C[C@]1(NC(=O)c2ccc(N)cn2)CCC[C@@H](Nc2ncc(Cl)c(C3=CCc4ccccc43)n2)C1. The van der Waals surface area contributed by atoms with Crippen LogP contribution in [0.25, 0.3) is 5.57 Å². The van der Waals surface area contributed by atoms with E-state index in [1.54, 1.807) is 18.3 Å². The fourth-order valence-corrected chi connectivity index (χ4v) is 5.11. The maximum atomic E-state index is 12.7. The Balaban J connectivity index is 1.30. The van der Waals surface area contributed by atoms with Crippen LogP contribution in [0.5, 0.6) is 0 Å². The molecule has 2 atom stereocenters. The number of nitrogen functional groups attached to an aromatic ring is 1. The molecular formula is C26H27ClN6O. The molecule has 0 aliphatic heterocycles. The number of pyridine rings is 1. The second kappa shape index (κ2) is 9.06. The van der Waals surface area contributed by atoms with Crippen LogP contribution in [0.4, 0.5) is 11.6 Å². The summed E-state index contributed by atoms with van der Waals surface area (Å²) in [6, 6.07) is 11.8. The van der Waals surface area contributed by atoms with Gasteiger partial charge >= 0.3 is 0 Å². The second-order valence-electron chi connectivity index (χ2n) is 9.30. The number of carbonyl (C=O) groups is 1. The summed E-state index contributed by atoms with van der Waals surface area (Å²) < 4.78 is 0. The van der Waals surface area contributed by atoms with Crippen LogP contribution >= 0.6 is 11.6 Å². The smallest absolute Gasteiger partial charge is 0.270 e. The predicted octanol–water partition coefficient (Wildman–Crippen LogP) is 4.64. The van der Waals surface area contributed by atoms with Gasteiger partial charge in [-0.05, 0) is 62.3 Å². The van der Waals surface area contributed by atoms with E-state index in [4.69, 9.17) is 22.3 Å². The predicted molar refractivity (Wildman–Crippen MR) is 135 cm³/mol. The zero-order valence-electron chi connectivity index (χ0n) is 19.0. The number of carbonyl (C=O) groups excluding carboxylic acids is 1. The van der Waals surface area contributed by atoms with Crippen LogP contribution in [0, 0.1) is 0 Å². The van der Waals surface area contributed by atoms with Gasteiger partial charge in [-0.3, -0.25) is 4.79 Å². The quantitative estimate of drug-likeness (QED) is 0.497. The number of rotatable bonds is 5. The fraction of sp³-hybridized carbons (Fsp3) is 0.308. The molecule has 2 aliphatic carbocycles. The molecule has 2 heterocycles. The number of amides is 1. The molecule has 34 heavy (non-hydrogen) atoms. The van der Waals surface area contributed by atoms with Gasteiger partial charge in [0.2, 0.25) is 5.95 Å². The van der Waals surface area contributed by atoms with Crippen LogP contribution in [-0.2, 0) is 6.42 Å². The lowest BCUT2D eigenvalue weighted by Crippen LogP contribution is -2.51. The number of aromatic nitrogens is 3. The Morgan fingerprint density at radius 1 is 1.18 bits per heavy atom. The summed E-state index contributed by atoms with van der Waals surface area (Å²) in [6.45, 7) is 2.07. The fourth-order valence-electron chi connectivity index (χ4n) is 4.92. The monoisotopic (exact) mass is 474 g/mol. The first kappa shape index (κ1) is 22.3. The molecule has 4 N–H and O–H groups in total. The molecule has 2 aromatic heterocycles. The minimum atomic E-state index is -0.363. The van der Waals surface area contributed by atoms with E-state index in [1.807, 2.05) is 12.1 Å². The Morgan fingerprint density at radius 3 is 2.85 bits per heavy atom. The minimum Gasteiger partial charge on any atom is -0.397 e. The summed E-state index contributed by atoms with van der Waals surface area (Å²) in [7, 11) is 0. The average Bonchev–Trinajstić information content (AvgIpc) is 3.24. The highest BCUT2D eigenvalue weighted by molar-refractivity contribution is 6.32. The molecule has 1 amide bonds. The summed E-state index contributed by atoms with van der Waals surface area (Å²) in [5.74, 6) is 0.352. The molecular weight excluding hydrogens is 448 g/mol. The van der Waals surface area contributed by atoms with Crippen molar-refractivity contribution in [3.63, 3.8) is 0 Å². The van der Waals surface area contributed by atoms with E-state index in [1.165, 1.54) is 17.3 Å². The minimum absolute atomic E-state index is 0.122. The van der Waals surface area contributed by atoms with E-state index < -0.39 is 0 Å². The molecule has 5 rings (SSSR count). The van der Waals surface area contributed by atoms with Crippen molar-refractivity contribution in [1.29, 1.82) is 0 Å². The Labute approximate surface area is 203 Å². The van der Waals surface area contributed by atoms with Crippen LogP contribution in [0.1, 0.15) is 59.9 Å². The number of hydrogen-bond donors (Lipinski definition) is 3. The normalized spacial score (nSPS) is 21.5. The largest absolute Gasteiger partial charge is 0.397 e. The van der Waals surface area contributed by atoms with Gasteiger partial charge < -0.3 is 16.4 Å². The van der Waals surface area contributed by atoms with Gasteiger partial charge in [0.15, 0.2) is 0 Å². The van der Waals surface area contributed by atoms with Crippen LogP contribution in [-0.4, -0.2) is 32.4 Å². The third kappa shape index (κ3) is 4.61. The van der Waals surface area contributed by atoms with Crippen molar-refractivity contribution in [3.8, 4) is 0 Å². The Kier molecular flexibility index (Phi) is 5.96. The van der Waals surface area contributed by atoms with Gasteiger partial charge in [0.25, 0.3) is 5.91 Å². The molecule has 0 saturated heterocycles. The molecule has 1 fully saturated rings. The molecule has 0 radical (unpaired) electrons. The third-order valence-corrected chi connectivity index (χ3v) is 6.86. The number of nitrogens with two attached hydrogens (primary N) is 1. The first-order valence-electron chi connectivity index (χ1n) is 11.5. The van der Waals surface area contributed by atoms with E-state index in [2.05, 4.69) is 45.7 Å². The first-order chi connectivity index (χ1) is 16.4. The highest BCUT2D eigenvalue weighted by Crippen LogP contribution is 2.35. The zero-order valence-corrected chi connectivity index (χ0v) is 19.8. The number of nitrogens with one attached hydrogen (secondary N) is 2. The van der Waals surface area contributed by atoms with E-state index in [0.29, 0.717) is 22.4 Å². The Hall–Kier alpha value is -3.45. The van der Waals surface area contributed by atoms with Crippen molar-refractivity contribution >= 4 is 34.7 Å². The molecule has 3 aromatic rings. The van der Waals surface area contributed by atoms with Gasteiger partial charge in [0.05, 0.1) is 28.8 Å². The number of halogens is 1. The molecule has 1 aromatic carbocycles. The maximum absolute atomic E-state index is 12.7. The van der Waals surface area contributed by atoms with Gasteiger partial charge in [-0.2, -0.15) is 0 Å². The number of benzene rings is 1. The molecule has 8 heteroatoms. The van der Waals surface area contributed by atoms with E-state index in [0.717, 1.165) is 43.4 Å². The van der Waals surface area contributed by atoms with Crippen molar-refractivity contribution in [3.05, 3.63) is 82.4 Å². The van der Waals surface area contributed by atoms with Crippen LogP contribution in [0.3, 0.4) is 0 Å². The molecule has 7 nitrogen and oxygen atoms in total. The molecule has 0 bridgehead atoms. The number of nitrogens with zero attached hydrogens (tertiary/aromatic N) is 3. The van der Waals surface area contributed by atoms with Crippen molar-refractivity contribution in [2.45, 2.75) is 50.6 Å². The number of hydrogen-bond acceptors (Lipinski definition) is 6. The van der Waals surface area contributed by atoms with Crippen LogP contribution in [0.15, 0.2) is 54.9 Å². The lowest BCUT2D eigenvalue weighted by atomic mass is 9.80. The molecule has 0 spiro atoms. The van der Waals surface area contributed by atoms with Crippen molar-refractivity contribution in [2.75, 3.05) is 11.1 Å². The van der Waals surface area contributed by atoms with Crippen molar-refractivity contribution in [1.82, 2.24) is 20.3 Å². The third-order valence-electron chi connectivity index (χ3n) is 6.58. The highest BCUT2D eigenvalue weighted by Gasteiger charge is 2.34. The molecule has 0 unspecified atom stereocenters. The average molecular weight is 475 g/mol. The van der Waals surface area contributed by atoms with Gasteiger partial charge in [-0.15, -0.1) is 0 Å². The number of allylic oxidation sites excluding steroid dienone is 1. The van der Waals surface area contributed by atoms with E-state index in [9.17, 15) is 4.79 Å². The van der Waals surface area contributed by atoms with Gasteiger partial charge in [0.1, 0.15) is 5.69 Å². The number of fused-ring (bicyclic) bond motifs is 1. The summed E-state index contributed by atoms with van der Waals surface area (Å²) in [5, 5.41) is 7.18. The molecule has 1 saturated carbocycles. The Bertz CT molecular complexity index is 1260. The summed E-state index contributed by atoms with van der Waals surface area (Å²) in [5.41, 5.74) is 10.4. The second-order valence-corrected chi connectivity index (χ2v) is 9.71. The van der Waals surface area contributed by atoms with Gasteiger partial charge in [-0.25, -0.2) is 15.0 Å². The summed E-state index contributed by atoms with van der Waals surface area (Å²) in [4.78, 5) is 26.1. The highest BCUT2D eigenvalue weighted by atomic mass is 35.5. The van der Waals surface area contributed by atoms with E-state index >= 15 is 0 Å². The van der Waals surface area contributed by atoms with E-state index in [-0.39, 0.29) is 17.5 Å². The first-order valence-corrected chi connectivity index (χ1v) is 11.9. The molecule has 174 valence electrons. The number of anilines is 2. The molecule has 2 aliphatic rings. The lowest BCUT2D eigenvalue weighted by Gasteiger charge is -2.39. The zero-order chi connectivity index (χ0) is 23.7. The van der Waals surface area contributed by atoms with Crippen molar-refractivity contribution in [2.24, 2.45) is 0 Å². The topological polar surface area (TPSA) is 106 Å². The van der Waals surface area contributed by atoms with Crippen LogP contribution < -0.4 is 16.4 Å². The van der Waals surface area contributed by atoms with Crippen molar-refractivity contribution < 1.29 is 4.79 Å². The van der Waals surface area contributed by atoms with Crippen LogP contribution in [0.2, 0.25) is 5.02 Å². The van der Waals surface area contributed by atoms with Gasteiger partial charge in [0, 0.05) is 17.2 Å². The lowest BCUT2D eigenvalue weighted by molar-refractivity contribution is 0.0874.